The van der Waals surface area contributed by atoms with E-state index < -0.39 is 0 Å². The van der Waals surface area contributed by atoms with Crippen molar-refractivity contribution in [2.24, 2.45) is 0 Å². The third-order valence-electron chi connectivity index (χ3n) is 5.35. The van der Waals surface area contributed by atoms with Crippen molar-refractivity contribution in [3.05, 3.63) is 85.2 Å². The summed E-state index contributed by atoms with van der Waals surface area (Å²) >= 11 is 0. The summed E-state index contributed by atoms with van der Waals surface area (Å²) in [6, 6.07) is 15.8. The monoisotopic (exact) mass is 434 g/mol. The predicted molar refractivity (Wildman–Crippen MR) is 132 cm³/mol. The van der Waals surface area contributed by atoms with Crippen LogP contribution in [0.2, 0.25) is 0 Å². The number of aryl methyl sites for hydroxylation is 1. The number of pyridine rings is 3. The fourth-order valence-corrected chi connectivity index (χ4v) is 3.67. The van der Waals surface area contributed by atoms with Gasteiger partial charge in [0.1, 0.15) is 23.8 Å². The number of hydrogen-bond acceptors (Lipinski definition) is 8. The minimum atomic E-state index is 0.717. The Labute approximate surface area is 191 Å². The van der Waals surface area contributed by atoms with E-state index >= 15 is 0 Å². The fraction of sp³-hybridized carbons (Fsp3) is 0.0800. The molecule has 0 saturated heterocycles. The van der Waals surface area contributed by atoms with E-state index in [1.54, 1.807) is 31.1 Å². The second-order valence-electron chi connectivity index (χ2n) is 7.44. The van der Waals surface area contributed by atoms with Crippen LogP contribution in [-0.2, 0) is 0 Å². The van der Waals surface area contributed by atoms with E-state index in [0.29, 0.717) is 5.82 Å². The average Bonchev–Trinajstić information content (AvgIpc) is 2.87. The molecule has 0 bridgehead atoms. The molecule has 0 spiro atoms. The van der Waals surface area contributed by atoms with Crippen molar-refractivity contribution in [2.75, 3.05) is 23.0 Å². The maximum Gasteiger partial charge on any atom is 0.139 e. The van der Waals surface area contributed by atoms with Gasteiger partial charge in [0, 0.05) is 59.9 Å². The minimum Gasteiger partial charge on any atom is -0.373 e. The molecule has 5 aromatic rings. The smallest absolute Gasteiger partial charge is 0.139 e. The first-order chi connectivity index (χ1) is 16.2. The SMILES string of the molecule is CNc1cc(-c2cccnc2Nc2c(C)ccc3c(Nc4ccncc4)nccc23)ncn1. The van der Waals surface area contributed by atoms with Crippen molar-refractivity contribution in [3.63, 3.8) is 0 Å². The average molecular weight is 435 g/mol. The topological polar surface area (TPSA) is 101 Å². The minimum absolute atomic E-state index is 0.717. The molecule has 0 aliphatic carbocycles. The first-order valence-electron chi connectivity index (χ1n) is 10.5. The number of nitrogens with one attached hydrogen (secondary N) is 3. The van der Waals surface area contributed by atoms with Gasteiger partial charge in [0.15, 0.2) is 0 Å². The van der Waals surface area contributed by atoms with Gasteiger partial charge in [0.25, 0.3) is 0 Å². The highest BCUT2D eigenvalue weighted by Gasteiger charge is 2.14. The lowest BCUT2D eigenvalue weighted by Gasteiger charge is -2.17. The molecule has 0 aliphatic heterocycles. The standard InChI is InChI=1S/C25H22N8/c1-16-5-6-19-18(9-13-29-24(19)32-17-7-11-27-12-8-17)23(16)33-25-20(4-3-10-28-25)21-14-22(26-2)31-15-30-21/h3-15H,1-2H3,(H,28,33)(H,26,30,31)(H,27,29,32). The summed E-state index contributed by atoms with van der Waals surface area (Å²) in [5.74, 6) is 2.24. The number of nitrogens with zero attached hydrogens (tertiary/aromatic N) is 5. The summed E-state index contributed by atoms with van der Waals surface area (Å²) in [7, 11) is 1.83. The molecule has 5 rings (SSSR count). The lowest BCUT2D eigenvalue weighted by Crippen LogP contribution is -2.02. The van der Waals surface area contributed by atoms with Crippen LogP contribution in [0.5, 0.6) is 0 Å². The number of benzene rings is 1. The normalized spacial score (nSPS) is 10.7. The van der Waals surface area contributed by atoms with Crippen LogP contribution < -0.4 is 16.0 Å². The quantitative estimate of drug-likeness (QED) is 0.330. The molecule has 0 saturated carbocycles. The molecule has 3 N–H and O–H groups in total. The molecule has 0 amide bonds. The summed E-state index contributed by atoms with van der Waals surface area (Å²) < 4.78 is 0. The second-order valence-corrected chi connectivity index (χ2v) is 7.44. The zero-order valence-electron chi connectivity index (χ0n) is 18.2. The molecule has 0 unspecified atom stereocenters. The van der Waals surface area contributed by atoms with Crippen LogP contribution in [0.25, 0.3) is 22.0 Å². The first kappa shape index (κ1) is 20.3. The molecule has 162 valence electrons. The molecular formula is C25H22N8. The molecule has 0 atom stereocenters. The lowest BCUT2D eigenvalue weighted by molar-refractivity contribution is 1.16. The maximum atomic E-state index is 4.61. The Bertz CT molecular complexity index is 1420. The van der Waals surface area contributed by atoms with Gasteiger partial charge in [0.2, 0.25) is 0 Å². The van der Waals surface area contributed by atoms with Gasteiger partial charge in [-0.3, -0.25) is 4.98 Å². The van der Waals surface area contributed by atoms with E-state index in [1.807, 2.05) is 43.4 Å². The molecule has 8 nitrogen and oxygen atoms in total. The molecule has 0 aliphatic rings. The van der Waals surface area contributed by atoms with Crippen LogP contribution in [0.15, 0.2) is 79.6 Å². The van der Waals surface area contributed by atoms with E-state index in [4.69, 9.17) is 0 Å². The van der Waals surface area contributed by atoms with Crippen molar-refractivity contribution in [2.45, 2.75) is 6.92 Å². The third kappa shape index (κ3) is 4.14. The third-order valence-corrected chi connectivity index (χ3v) is 5.35. The van der Waals surface area contributed by atoms with Crippen molar-refractivity contribution in [1.82, 2.24) is 24.9 Å². The van der Waals surface area contributed by atoms with Crippen LogP contribution >= 0.6 is 0 Å². The molecule has 4 heterocycles. The van der Waals surface area contributed by atoms with Gasteiger partial charge in [0.05, 0.1) is 11.4 Å². The van der Waals surface area contributed by atoms with Crippen LogP contribution in [0.3, 0.4) is 0 Å². The van der Waals surface area contributed by atoms with Gasteiger partial charge in [-0.05, 0) is 42.8 Å². The summed E-state index contributed by atoms with van der Waals surface area (Å²) in [5, 5.41) is 12.0. The van der Waals surface area contributed by atoms with Gasteiger partial charge in [-0.1, -0.05) is 12.1 Å². The lowest BCUT2D eigenvalue weighted by atomic mass is 10.0. The highest BCUT2D eigenvalue weighted by Crippen LogP contribution is 2.35. The molecular weight excluding hydrogens is 412 g/mol. The number of fused-ring (bicyclic) bond motifs is 1. The Morgan fingerprint density at radius 1 is 0.727 bits per heavy atom. The van der Waals surface area contributed by atoms with Gasteiger partial charge in [-0.15, -0.1) is 0 Å². The Morgan fingerprint density at radius 2 is 1.58 bits per heavy atom. The molecule has 0 fully saturated rings. The van der Waals surface area contributed by atoms with Crippen LogP contribution in [0.1, 0.15) is 5.56 Å². The highest BCUT2D eigenvalue weighted by molar-refractivity contribution is 6.03. The van der Waals surface area contributed by atoms with Crippen LogP contribution in [0, 0.1) is 6.92 Å². The van der Waals surface area contributed by atoms with Crippen molar-refractivity contribution in [1.29, 1.82) is 0 Å². The molecule has 33 heavy (non-hydrogen) atoms. The summed E-state index contributed by atoms with van der Waals surface area (Å²) in [4.78, 5) is 21.9. The van der Waals surface area contributed by atoms with Crippen molar-refractivity contribution >= 4 is 39.6 Å². The maximum absolute atomic E-state index is 4.61. The summed E-state index contributed by atoms with van der Waals surface area (Å²) in [5.41, 5.74) is 4.66. The number of anilines is 5. The van der Waals surface area contributed by atoms with E-state index in [2.05, 4.69) is 59.9 Å². The van der Waals surface area contributed by atoms with E-state index in [-0.39, 0.29) is 0 Å². The Morgan fingerprint density at radius 3 is 2.42 bits per heavy atom. The van der Waals surface area contributed by atoms with Crippen LogP contribution in [-0.4, -0.2) is 32.0 Å². The largest absolute Gasteiger partial charge is 0.373 e. The molecule has 0 radical (unpaired) electrons. The Kier molecular flexibility index (Phi) is 5.47. The van der Waals surface area contributed by atoms with Crippen molar-refractivity contribution < 1.29 is 0 Å². The second kappa shape index (κ2) is 8.88. The van der Waals surface area contributed by atoms with Crippen molar-refractivity contribution in [3.8, 4) is 11.3 Å². The number of aromatic nitrogens is 5. The van der Waals surface area contributed by atoms with E-state index in [0.717, 1.165) is 50.6 Å². The number of rotatable bonds is 6. The number of hydrogen-bond donors (Lipinski definition) is 3. The van der Waals surface area contributed by atoms with Gasteiger partial charge in [-0.2, -0.15) is 0 Å². The van der Waals surface area contributed by atoms with Gasteiger partial charge < -0.3 is 16.0 Å². The summed E-state index contributed by atoms with van der Waals surface area (Å²) in [6.45, 7) is 2.07. The molecule has 1 aromatic carbocycles. The van der Waals surface area contributed by atoms with Gasteiger partial charge in [-0.25, -0.2) is 19.9 Å². The van der Waals surface area contributed by atoms with Crippen LogP contribution in [0.4, 0.5) is 28.8 Å². The highest BCUT2D eigenvalue weighted by atomic mass is 15.0. The predicted octanol–water partition coefficient (Wildman–Crippen LogP) is 5.32. The van der Waals surface area contributed by atoms with E-state index in [9.17, 15) is 0 Å². The molecule has 8 heteroatoms. The molecule has 4 aromatic heterocycles. The zero-order valence-corrected chi connectivity index (χ0v) is 18.2. The first-order valence-corrected chi connectivity index (χ1v) is 10.5. The zero-order chi connectivity index (χ0) is 22.6. The van der Waals surface area contributed by atoms with E-state index in [1.165, 1.54) is 0 Å². The fourth-order valence-electron chi connectivity index (χ4n) is 3.67. The Hall–Kier alpha value is -4.59. The van der Waals surface area contributed by atoms with Gasteiger partial charge >= 0.3 is 0 Å². The summed E-state index contributed by atoms with van der Waals surface area (Å²) in [6.07, 6.45) is 8.62. The Balaban J connectivity index is 1.58.